The topological polar surface area (TPSA) is 35.6 Å². The van der Waals surface area contributed by atoms with Crippen LogP contribution in [0.1, 0.15) is 37.5 Å². The summed E-state index contributed by atoms with van der Waals surface area (Å²) in [6, 6.07) is 2.18. The number of imidazole rings is 1. The molecule has 0 amide bonds. The summed E-state index contributed by atoms with van der Waals surface area (Å²) in [6.45, 7) is 5.17. The average Bonchev–Trinajstić information content (AvgIpc) is 2.88. The molecule has 4 heteroatoms. The van der Waals surface area contributed by atoms with E-state index >= 15 is 0 Å². The van der Waals surface area contributed by atoms with Gasteiger partial charge in [0.2, 0.25) is 0 Å². The van der Waals surface area contributed by atoms with E-state index in [4.69, 9.17) is 0 Å². The Balaban J connectivity index is 2.18. The van der Waals surface area contributed by atoms with Crippen LogP contribution in [0.3, 0.4) is 0 Å². The third kappa shape index (κ3) is 2.57. The van der Waals surface area contributed by atoms with E-state index in [-0.39, 0.29) is 0 Å². The van der Waals surface area contributed by atoms with Gasteiger partial charge in [-0.1, -0.05) is 13.8 Å². The Kier molecular flexibility index (Phi) is 3.61. The molecule has 2 rings (SSSR count). The van der Waals surface area contributed by atoms with Gasteiger partial charge in [-0.2, -0.15) is 5.10 Å². The Hall–Kier alpha value is -1.58. The summed E-state index contributed by atoms with van der Waals surface area (Å²) in [5.41, 5.74) is 2.39. The molecule has 0 spiro atoms. The monoisotopic (exact) mass is 232 g/mol. The lowest BCUT2D eigenvalue weighted by Crippen LogP contribution is -2.08. The van der Waals surface area contributed by atoms with E-state index in [2.05, 4.69) is 34.6 Å². The van der Waals surface area contributed by atoms with Crippen molar-refractivity contribution in [1.29, 1.82) is 0 Å². The second-order valence-electron chi connectivity index (χ2n) is 4.33. The van der Waals surface area contributed by atoms with Gasteiger partial charge in [0.1, 0.15) is 5.82 Å². The minimum Gasteiger partial charge on any atom is -0.329 e. The molecule has 0 bridgehead atoms. The Morgan fingerprint density at radius 3 is 2.76 bits per heavy atom. The molecule has 92 valence electrons. The predicted octanol–water partition coefficient (Wildman–Crippen LogP) is 2.18. The zero-order valence-electron chi connectivity index (χ0n) is 10.8. The first-order valence-electron chi connectivity index (χ1n) is 6.26. The molecule has 0 N–H and O–H groups in total. The standard InChI is InChI=1S/C13H20N4/c1-4-6-13-14-7-8-17(13)10-12-9-11(5-2)15-16(12)3/h7-9H,4-6,10H2,1-3H3. The Labute approximate surface area is 102 Å². The zero-order chi connectivity index (χ0) is 12.3. The molecule has 0 saturated heterocycles. The zero-order valence-corrected chi connectivity index (χ0v) is 10.8. The van der Waals surface area contributed by atoms with Crippen LogP contribution >= 0.6 is 0 Å². The normalized spacial score (nSPS) is 11.0. The molecule has 0 aliphatic rings. The molecule has 0 radical (unpaired) electrons. The maximum absolute atomic E-state index is 4.47. The fourth-order valence-electron chi connectivity index (χ4n) is 2.00. The first kappa shape index (κ1) is 11.9. The van der Waals surface area contributed by atoms with Crippen LogP contribution in [0.4, 0.5) is 0 Å². The summed E-state index contributed by atoms with van der Waals surface area (Å²) in [7, 11) is 2.00. The molecule has 4 nitrogen and oxygen atoms in total. The maximum Gasteiger partial charge on any atom is 0.108 e. The van der Waals surface area contributed by atoms with Crippen molar-refractivity contribution in [2.45, 2.75) is 39.7 Å². The van der Waals surface area contributed by atoms with Gasteiger partial charge < -0.3 is 4.57 Å². The van der Waals surface area contributed by atoms with Gasteiger partial charge >= 0.3 is 0 Å². The van der Waals surface area contributed by atoms with Gasteiger partial charge in [0.15, 0.2) is 0 Å². The summed E-state index contributed by atoms with van der Waals surface area (Å²) in [4.78, 5) is 4.39. The number of hydrogen-bond acceptors (Lipinski definition) is 2. The Bertz CT molecular complexity index is 481. The molecule has 0 aliphatic heterocycles. The lowest BCUT2D eigenvalue weighted by atomic mass is 10.3. The predicted molar refractivity (Wildman–Crippen MR) is 67.9 cm³/mol. The van der Waals surface area contributed by atoms with Gasteiger partial charge in [0.05, 0.1) is 17.9 Å². The maximum atomic E-state index is 4.47. The fourth-order valence-corrected chi connectivity index (χ4v) is 2.00. The second-order valence-corrected chi connectivity index (χ2v) is 4.33. The minimum absolute atomic E-state index is 0.860. The summed E-state index contributed by atoms with van der Waals surface area (Å²) in [5.74, 6) is 1.16. The lowest BCUT2D eigenvalue weighted by molar-refractivity contribution is 0.635. The van der Waals surface area contributed by atoms with Gasteiger partial charge in [-0.3, -0.25) is 4.68 Å². The average molecular weight is 232 g/mol. The number of hydrogen-bond donors (Lipinski definition) is 0. The number of rotatable bonds is 5. The highest BCUT2D eigenvalue weighted by molar-refractivity contribution is 5.11. The highest BCUT2D eigenvalue weighted by atomic mass is 15.3. The fraction of sp³-hybridized carbons (Fsp3) is 0.538. The van der Waals surface area contributed by atoms with Gasteiger partial charge in [-0.05, 0) is 18.9 Å². The van der Waals surface area contributed by atoms with Crippen LogP contribution in [-0.4, -0.2) is 19.3 Å². The van der Waals surface area contributed by atoms with Crippen molar-refractivity contribution < 1.29 is 0 Å². The summed E-state index contributed by atoms with van der Waals surface area (Å²) in [5, 5.41) is 4.47. The van der Waals surface area contributed by atoms with E-state index in [9.17, 15) is 0 Å². The molecule has 0 fully saturated rings. The highest BCUT2D eigenvalue weighted by Gasteiger charge is 2.07. The highest BCUT2D eigenvalue weighted by Crippen LogP contribution is 2.09. The Morgan fingerprint density at radius 2 is 2.12 bits per heavy atom. The van der Waals surface area contributed by atoms with Crippen LogP contribution in [0, 0.1) is 0 Å². The SMILES string of the molecule is CCCc1nccn1Cc1cc(CC)nn1C. The molecule has 0 aromatic carbocycles. The summed E-state index contributed by atoms with van der Waals surface area (Å²) < 4.78 is 4.18. The van der Waals surface area contributed by atoms with Crippen molar-refractivity contribution in [3.63, 3.8) is 0 Å². The molecule has 0 saturated carbocycles. The molecular formula is C13H20N4. The quantitative estimate of drug-likeness (QED) is 0.792. The van der Waals surface area contributed by atoms with Crippen molar-refractivity contribution >= 4 is 0 Å². The molecule has 2 aromatic rings. The van der Waals surface area contributed by atoms with Gasteiger partial charge in [-0.25, -0.2) is 4.98 Å². The smallest absolute Gasteiger partial charge is 0.108 e. The largest absolute Gasteiger partial charge is 0.329 e. The van der Waals surface area contributed by atoms with Crippen LogP contribution in [0.5, 0.6) is 0 Å². The number of aromatic nitrogens is 4. The van der Waals surface area contributed by atoms with Crippen LogP contribution < -0.4 is 0 Å². The molecule has 0 atom stereocenters. The second kappa shape index (κ2) is 5.17. The lowest BCUT2D eigenvalue weighted by Gasteiger charge is -2.07. The van der Waals surface area contributed by atoms with Crippen LogP contribution in [0.25, 0.3) is 0 Å². The van der Waals surface area contributed by atoms with Crippen molar-refractivity contribution in [2.24, 2.45) is 7.05 Å². The Morgan fingerprint density at radius 1 is 1.29 bits per heavy atom. The van der Waals surface area contributed by atoms with Crippen LogP contribution in [0.15, 0.2) is 18.5 Å². The van der Waals surface area contributed by atoms with Crippen LogP contribution in [-0.2, 0) is 26.4 Å². The van der Waals surface area contributed by atoms with E-state index in [1.165, 1.54) is 5.69 Å². The van der Waals surface area contributed by atoms with Gasteiger partial charge in [-0.15, -0.1) is 0 Å². The van der Waals surface area contributed by atoms with E-state index in [0.717, 1.165) is 37.3 Å². The molecular weight excluding hydrogens is 212 g/mol. The van der Waals surface area contributed by atoms with Crippen molar-refractivity contribution in [3.8, 4) is 0 Å². The van der Waals surface area contributed by atoms with E-state index in [1.807, 2.05) is 24.1 Å². The summed E-state index contributed by atoms with van der Waals surface area (Å²) in [6.07, 6.45) is 7.07. The molecule has 0 unspecified atom stereocenters. The summed E-state index contributed by atoms with van der Waals surface area (Å²) >= 11 is 0. The molecule has 17 heavy (non-hydrogen) atoms. The van der Waals surface area contributed by atoms with Crippen molar-refractivity contribution in [1.82, 2.24) is 19.3 Å². The first-order valence-corrected chi connectivity index (χ1v) is 6.26. The van der Waals surface area contributed by atoms with E-state index in [0.29, 0.717) is 0 Å². The van der Waals surface area contributed by atoms with Crippen molar-refractivity contribution in [3.05, 3.63) is 35.7 Å². The molecule has 2 heterocycles. The number of nitrogens with zero attached hydrogens (tertiary/aromatic N) is 4. The van der Waals surface area contributed by atoms with Gasteiger partial charge in [0.25, 0.3) is 0 Å². The first-order chi connectivity index (χ1) is 8.24. The van der Waals surface area contributed by atoms with Gasteiger partial charge in [0, 0.05) is 25.9 Å². The van der Waals surface area contributed by atoms with E-state index < -0.39 is 0 Å². The minimum atomic E-state index is 0.860. The van der Waals surface area contributed by atoms with Crippen molar-refractivity contribution in [2.75, 3.05) is 0 Å². The third-order valence-electron chi connectivity index (χ3n) is 3.00. The van der Waals surface area contributed by atoms with Crippen LogP contribution in [0.2, 0.25) is 0 Å². The third-order valence-corrected chi connectivity index (χ3v) is 3.00. The van der Waals surface area contributed by atoms with E-state index in [1.54, 1.807) is 0 Å². The number of aryl methyl sites for hydroxylation is 3. The molecule has 2 aromatic heterocycles. The molecule has 0 aliphatic carbocycles.